The van der Waals surface area contributed by atoms with Gasteiger partial charge in [0, 0.05) is 11.4 Å². The first-order valence-corrected chi connectivity index (χ1v) is 8.47. The van der Waals surface area contributed by atoms with Gasteiger partial charge in [-0.3, -0.25) is 14.4 Å². The van der Waals surface area contributed by atoms with E-state index < -0.39 is 11.9 Å². The molecule has 1 aliphatic rings. The molecule has 3 rings (SSSR count). The topological polar surface area (TPSA) is 120 Å². The molecule has 126 valence electrons. The molecule has 0 saturated heterocycles. The van der Waals surface area contributed by atoms with Crippen molar-refractivity contribution in [1.29, 1.82) is 0 Å². The zero-order valence-electron chi connectivity index (χ0n) is 13.1. The van der Waals surface area contributed by atoms with Gasteiger partial charge in [-0.25, -0.2) is 9.67 Å². The third-order valence-electron chi connectivity index (χ3n) is 3.87. The van der Waals surface area contributed by atoms with E-state index in [4.69, 9.17) is 5.73 Å². The van der Waals surface area contributed by atoms with Crippen LogP contribution in [0.1, 0.15) is 36.3 Å². The van der Waals surface area contributed by atoms with Crippen molar-refractivity contribution in [2.24, 2.45) is 5.73 Å². The number of hydrogen-bond acceptors (Lipinski definition) is 6. The Morgan fingerprint density at radius 3 is 3.00 bits per heavy atom. The number of carbonyl (C=O) groups is 2. The van der Waals surface area contributed by atoms with Crippen molar-refractivity contribution < 1.29 is 9.59 Å². The molecular formula is C15H17N5O3S. The fourth-order valence-corrected chi connectivity index (χ4v) is 3.35. The summed E-state index contributed by atoms with van der Waals surface area (Å²) in [6.07, 6.45) is 2.69. The molecule has 1 atom stereocenters. The molecule has 2 aromatic heterocycles. The van der Waals surface area contributed by atoms with Crippen molar-refractivity contribution in [3.8, 4) is 0 Å². The molecule has 0 aromatic carbocycles. The molecule has 0 saturated carbocycles. The highest BCUT2D eigenvalue weighted by atomic mass is 32.1. The van der Waals surface area contributed by atoms with Gasteiger partial charge >= 0.3 is 0 Å². The second-order valence-corrected chi connectivity index (χ2v) is 6.56. The number of thiazole rings is 1. The maximum Gasteiger partial charge on any atom is 0.267 e. The van der Waals surface area contributed by atoms with Crippen LogP contribution in [0.4, 0.5) is 5.13 Å². The molecule has 0 bridgehead atoms. The molecule has 1 aliphatic carbocycles. The fourth-order valence-electron chi connectivity index (χ4n) is 2.64. The van der Waals surface area contributed by atoms with E-state index in [-0.39, 0.29) is 17.9 Å². The summed E-state index contributed by atoms with van der Waals surface area (Å²) in [5.74, 6) is -0.872. The molecule has 2 heterocycles. The molecular weight excluding hydrogens is 330 g/mol. The molecule has 9 heteroatoms. The van der Waals surface area contributed by atoms with E-state index in [1.807, 2.05) is 0 Å². The Hall–Kier alpha value is -2.55. The summed E-state index contributed by atoms with van der Waals surface area (Å²) in [6, 6.07) is 0.805. The van der Waals surface area contributed by atoms with E-state index in [1.165, 1.54) is 16.0 Å². The number of fused-ring (bicyclic) bond motifs is 1. The Morgan fingerprint density at radius 2 is 2.25 bits per heavy atom. The van der Waals surface area contributed by atoms with E-state index in [9.17, 15) is 14.4 Å². The first kappa shape index (κ1) is 16.3. The number of hydrogen-bond donors (Lipinski definition) is 2. The van der Waals surface area contributed by atoms with Gasteiger partial charge in [-0.2, -0.15) is 5.10 Å². The quantitative estimate of drug-likeness (QED) is 0.812. The minimum atomic E-state index is -0.758. The number of nitrogens with zero attached hydrogens (tertiary/aromatic N) is 3. The second kappa shape index (κ2) is 6.52. The van der Waals surface area contributed by atoms with Gasteiger partial charge in [-0.15, -0.1) is 11.3 Å². The molecule has 0 aliphatic heterocycles. The van der Waals surface area contributed by atoms with Crippen LogP contribution in [0.3, 0.4) is 0 Å². The molecule has 2 amide bonds. The van der Waals surface area contributed by atoms with Crippen molar-refractivity contribution in [2.75, 3.05) is 5.32 Å². The summed E-state index contributed by atoms with van der Waals surface area (Å²) in [6.45, 7) is 1.61. The van der Waals surface area contributed by atoms with Gasteiger partial charge in [0.25, 0.3) is 11.5 Å². The van der Waals surface area contributed by atoms with Gasteiger partial charge in [0.05, 0.1) is 17.8 Å². The molecule has 0 fully saturated rings. The minimum absolute atomic E-state index is 0.0216. The van der Waals surface area contributed by atoms with Crippen molar-refractivity contribution in [3.63, 3.8) is 0 Å². The average molecular weight is 347 g/mol. The van der Waals surface area contributed by atoms with E-state index in [0.29, 0.717) is 10.8 Å². The summed E-state index contributed by atoms with van der Waals surface area (Å²) in [5.41, 5.74) is 7.18. The lowest BCUT2D eigenvalue weighted by atomic mass is 10.2. The molecule has 0 spiro atoms. The Balaban J connectivity index is 1.74. The molecule has 2 aromatic rings. The number of anilines is 1. The van der Waals surface area contributed by atoms with Gasteiger partial charge in [-0.05, 0) is 31.7 Å². The zero-order valence-corrected chi connectivity index (χ0v) is 13.9. The lowest BCUT2D eigenvalue weighted by Crippen LogP contribution is -2.34. The van der Waals surface area contributed by atoms with Crippen molar-refractivity contribution in [3.05, 3.63) is 38.8 Å². The summed E-state index contributed by atoms with van der Waals surface area (Å²) >= 11 is 1.20. The third-order valence-corrected chi connectivity index (χ3v) is 4.67. The number of aromatic nitrogens is 3. The van der Waals surface area contributed by atoms with Gasteiger partial charge in [0.2, 0.25) is 5.91 Å². The number of aryl methyl sites for hydroxylation is 2. The van der Waals surface area contributed by atoms with Gasteiger partial charge < -0.3 is 11.1 Å². The molecule has 8 nitrogen and oxygen atoms in total. The van der Waals surface area contributed by atoms with Gasteiger partial charge in [-0.1, -0.05) is 0 Å². The standard InChI is InChI=1S/C15H17N5O3S/c1-8(20-13(22)5-9-3-2-4-11(9)19-20)14(23)18-15-17-10(7-24-15)6-12(16)21/h5,7-8H,2-4,6H2,1H3,(H2,16,21)(H,17,18,23). The SMILES string of the molecule is CC(C(=O)Nc1nc(CC(N)=O)cs1)n1nc2c(cc1=O)CCC2. The van der Waals surface area contributed by atoms with Crippen molar-refractivity contribution >= 4 is 28.3 Å². The minimum Gasteiger partial charge on any atom is -0.369 e. The second-order valence-electron chi connectivity index (χ2n) is 5.70. The van der Waals surface area contributed by atoms with Gasteiger partial charge in [0.15, 0.2) is 5.13 Å². The van der Waals surface area contributed by atoms with Crippen LogP contribution in [0.2, 0.25) is 0 Å². The highest BCUT2D eigenvalue weighted by Gasteiger charge is 2.22. The van der Waals surface area contributed by atoms with Crippen LogP contribution in [-0.2, 0) is 28.9 Å². The lowest BCUT2D eigenvalue weighted by Gasteiger charge is -2.14. The van der Waals surface area contributed by atoms with Crippen molar-refractivity contribution in [2.45, 2.75) is 38.6 Å². The molecule has 0 radical (unpaired) electrons. The zero-order chi connectivity index (χ0) is 17.3. The maximum absolute atomic E-state index is 12.4. The number of primary amides is 1. The number of nitrogens with one attached hydrogen (secondary N) is 1. The molecule has 3 N–H and O–H groups in total. The number of nitrogens with two attached hydrogens (primary N) is 1. The maximum atomic E-state index is 12.4. The Labute approximate surface area is 141 Å². The summed E-state index contributed by atoms with van der Waals surface area (Å²) < 4.78 is 1.21. The number of rotatable bonds is 5. The van der Waals surface area contributed by atoms with Gasteiger partial charge in [0.1, 0.15) is 6.04 Å². The van der Waals surface area contributed by atoms with E-state index in [1.54, 1.807) is 18.4 Å². The largest absolute Gasteiger partial charge is 0.369 e. The predicted octanol–water partition coefficient (Wildman–Crippen LogP) is 0.416. The van der Waals surface area contributed by atoms with Crippen LogP contribution in [-0.4, -0.2) is 26.6 Å². The van der Waals surface area contributed by atoms with Crippen molar-refractivity contribution in [1.82, 2.24) is 14.8 Å². The van der Waals surface area contributed by atoms with E-state index in [2.05, 4.69) is 15.4 Å². The summed E-state index contributed by atoms with van der Waals surface area (Å²) in [7, 11) is 0. The first-order chi connectivity index (χ1) is 11.4. The Bertz CT molecular complexity index is 857. The van der Waals surface area contributed by atoms with Crippen LogP contribution in [0.15, 0.2) is 16.2 Å². The fraction of sp³-hybridized carbons (Fsp3) is 0.400. The van der Waals surface area contributed by atoms with Crippen LogP contribution in [0.5, 0.6) is 0 Å². The number of amides is 2. The molecule has 1 unspecified atom stereocenters. The Morgan fingerprint density at radius 1 is 1.46 bits per heavy atom. The smallest absolute Gasteiger partial charge is 0.267 e. The first-order valence-electron chi connectivity index (χ1n) is 7.59. The third kappa shape index (κ3) is 3.35. The summed E-state index contributed by atoms with van der Waals surface area (Å²) in [4.78, 5) is 39.5. The van der Waals surface area contributed by atoms with Crippen LogP contribution in [0.25, 0.3) is 0 Å². The van der Waals surface area contributed by atoms with Crippen LogP contribution >= 0.6 is 11.3 Å². The Kier molecular flexibility index (Phi) is 4.43. The average Bonchev–Trinajstić information content (AvgIpc) is 3.13. The monoisotopic (exact) mass is 347 g/mol. The summed E-state index contributed by atoms with van der Waals surface area (Å²) in [5, 5.41) is 8.99. The highest BCUT2D eigenvalue weighted by Crippen LogP contribution is 2.19. The predicted molar refractivity (Wildman–Crippen MR) is 88.9 cm³/mol. The van der Waals surface area contributed by atoms with E-state index in [0.717, 1.165) is 30.5 Å². The highest BCUT2D eigenvalue weighted by molar-refractivity contribution is 7.13. The number of carbonyl (C=O) groups excluding carboxylic acids is 2. The molecule has 24 heavy (non-hydrogen) atoms. The van der Waals surface area contributed by atoms with Crippen LogP contribution in [0, 0.1) is 0 Å². The van der Waals surface area contributed by atoms with Crippen LogP contribution < -0.4 is 16.6 Å². The van der Waals surface area contributed by atoms with E-state index >= 15 is 0 Å². The normalized spacial score (nSPS) is 14.2. The lowest BCUT2D eigenvalue weighted by molar-refractivity contribution is -0.119.